The first-order chi connectivity index (χ1) is 16.5. The highest BCUT2D eigenvalue weighted by molar-refractivity contribution is 6.21. The van der Waals surface area contributed by atoms with Gasteiger partial charge in [0.05, 0.1) is 11.1 Å². The van der Waals surface area contributed by atoms with E-state index in [-0.39, 0.29) is 49.1 Å². The number of piperidine rings is 1. The van der Waals surface area contributed by atoms with Crippen LogP contribution in [0, 0.1) is 5.92 Å². The second kappa shape index (κ2) is 11.3. The lowest BCUT2D eigenvalue weighted by Crippen LogP contribution is -2.46. The van der Waals surface area contributed by atoms with Crippen molar-refractivity contribution in [1.82, 2.24) is 20.4 Å². The van der Waals surface area contributed by atoms with Crippen LogP contribution < -0.4 is 10.6 Å². The molecule has 1 aromatic carbocycles. The standard InChI is InChI=1S/C25H34N4O6/c1-25(2,3)35-24(34)27-16-21(31)28-13-10-17(11-14-28)15-26-20(30)9-6-12-29-22(32)18-7-4-5-8-19(18)23(29)33/h4-5,7-8,17H,6,9-16H2,1-3H3,(H,26,30)(H,27,34). The van der Waals surface area contributed by atoms with E-state index in [2.05, 4.69) is 10.6 Å². The third kappa shape index (κ3) is 7.27. The maximum absolute atomic E-state index is 12.4. The summed E-state index contributed by atoms with van der Waals surface area (Å²) >= 11 is 0. The maximum Gasteiger partial charge on any atom is 0.408 e. The molecular weight excluding hydrogens is 452 g/mol. The minimum absolute atomic E-state index is 0.108. The van der Waals surface area contributed by atoms with E-state index < -0.39 is 11.7 Å². The fourth-order valence-corrected chi connectivity index (χ4v) is 4.15. The summed E-state index contributed by atoms with van der Waals surface area (Å²) in [5, 5.41) is 5.40. The quantitative estimate of drug-likeness (QED) is 0.541. The first-order valence-electron chi connectivity index (χ1n) is 12.0. The molecule has 3 rings (SSSR count). The Morgan fingerprint density at radius 2 is 1.60 bits per heavy atom. The van der Waals surface area contributed by atoms with E-state index in [0.717, 1.165) is 12.8 Å². The van der Waals surface area contributed by atoms with E-state index in [9.17, 15) is 24.0 Å². The average Bonchev–Trinajstić information content (AvgIpc) is 3.05. The number of carbonyl (C=O) groups is 5. The number of imide groups is 1. The van der Waals surface area contributed by atoms with E-state index in [1.54, 1.807) is 49.9 Å². The van der Waals surface area contributed by atoms with E-state index in [1.807, 2.05) is 0 Å². The van der Waals surface area contributed by atoms with Gasteiger partial charge in [0.1, 0.15) is 12.1 Å². The van der Waals surface area contributed by atoms with E-state index in [0.29, 0.717) is 37.2 Å². The lowest BCUT2D eigenvalue weighted by atomic mass is 9.96. The third-order valence-corrected chi connectivity index (χ3v) is 6.00. The molecule has 1 aromatic rings. The van der Waals surface area contributed by atoms with Crippen molar-refractivity contribution in [2.75, 3.05) is 32.7 Å². The van der Waals surface area contributed by atoms with Gasteiger partial charge in [0, 0.05) is 32.6 Å². The van der Waals surface area contributed by atoms with E-state index >= 15 is 0 Å². The molecule has 5 amide bonds. The fraction of sp³-hybridized carbons (Fsp3) is 0.560. The highest BCUT2D eigenvalue weighted by atomic mass is 16.6. The van der Waals surface area contributed by atoms with Crippen molar-refractivity contribution in [3.63, 3.8) is 0 Å². The van der Waals surface area contributed by atoms with Crippen LogP contribution in [0.3, 0.4) is 0 Å². The minimum atomic E-state index is -0.620. The molecule has 2 N–H and O–H groups in total. The molecule has 35 heavy (non-hydrogen) atoms. The summed E-state index contributed by atoms with van der Waals surface area (Å²) < 4.78 is 5.13. The minimum Gasteiger partial charge on any atom is -0.444 e. The zero-order valence-electron chi connectivity index (χ0n) is 20.6. The predicted molar refractivity (Wildman–Crippen MR) is 128 cm³/mol. The van der Waals surface area contributed by atoms with Crippen LogP contribution >= 0.6 is 0 Å². The second-order valence-electron chi connectivity index (χ2n) is 9.89. The van der Waals surface area contributed by atoms with Crippen LogP contribution in [-0.4, -0.2) is 77.8 Å². The fourth-order valence-electron chi connectivity index (χ4n) is 4.15. The summed E-state index contributed by atoms with van der Waals surface area (Å²) in [6.07, 6.45) is 1.52. The van der Waals surface area contributed by atoms with E-state index in [4.69, 9.17) is 4.74 Å². The van der Waals surface area contributed by atoms with E-state index in [1.165, 1.54) is 4.90 Å². The number of alkyl carbamates (subject to hydrolysis) is 1. The van der Waals surface area contributed by atoms with Gasteiger partial charge in [0.25, 0.3) is 11.8 Å². The zero-order valence-corrected chi connectivity index (χ0v) is 20.6. The number of amides is 5. The zero-order chi connectivity index (χ0) is 25.6. The molecule has 0 atom stereocenters. The Labute approximate surface area is 205 Å². The van der Waals surface area contributed by atoms with Crippen LogP contribution in [0.4, 0.5) is 4.79 Å². The predicted octanol–water partition coefficient (Wildman–Crippen LogP) is 1.94. The molecule has 2 aliphatic rings. The Balaban J connectivity index is 1.29. The lowest BCUT2D eigenvalue weighted by Gasteiger charge is -2.32. The topological polar surface area (TPSA) is 125 Å². The number of rotatable bonds is 8. The molecular formula is C25H34N4O6. The highest BCUT2D eigenvalue weighted by Gasteiger charge is 2.34. The number of hydrogen-bond donors (Lipinski definition) is 2. The number of hydrogen-bond acceptors (Lipinski definition) is 6. The van der Waals surface area contributed by atoms with Gasteiger partial charge in [-0.15, -0.1) is 0 Å². The molecule has 190 valence electrons. The van der Waals surface area contributed by atoms with Gasteiger partial charge in [0.15, 0.2) is 0 Å². The Hall–Kier alpha value is -3.43. The Morgan fingerprint density at radius 1 is 1.00 bits per heavy atom. The summed E-state index contributed by atoms with van der Waals surface area (Å²) in [4.78, 5) is 63.9. The van der Waals surface area contributed by atoms with Gasteiger partial charge in [-0.3, -0.25) is 24.1 Å². The van der Waals surface area contributed by atoms with Crippen molar-refractivity contribution >= 4 is 29.7 Å². The first-order valence-corrected chi connectivity index (χ1v) is 12.0. The van der Waals surface area contributed by atoms with Gasteiger partial charge in [-0.25, -0.2) is 4.79 Å². The monoisotopic (exact) mass is 486 g/mol. The lowest BCUT2D eigenvalue weighted by molar-refractivity contribution is -0.131. The number of fused-ring (bicyclic) bond motifs is 1. The van der Waals surface area contributed by atoms with Crippen molar-refractivity contribution in [3.8, 4) is 0 Å². The number of likely N-dealkylation sites (tertiary alicyclic amines) is 1. The van der Waals surface area contributed by atoms with Crippen molar-refractivity contribution in [1.29, 1.82) is 0 Å². The average molecular weight is 487 g/mol. The molecule has 0 radical (unpaired) electrons. The van der Waals surface area contributed by atoms with Crippen molar-refractivity contribution in [3.05, 3.63) is 35.4 Å². The molecule has 2 aliphatic heterocycles. The molecule has 1 fully saturated rings. The molecule has 1 saturated heterocycles. The van der Waals surface area contributed by atoms with Gasteiger partial charge >= 0.3 is 6.09 Å². The molecule has 2 heterocycles. The number of nitrogens with one attached hydrogen (secondary N) is 2. The smallest absolute Gasteiger partial charge is 0.408 e. The SMILES string of the molecule is CC(C)(C)OC(=O)NCC(=O)N1CCC(CNC(=O)CCCN2C(=O)c3ccccc3C2=O)CC1. The summed E-state index contributed by atoms with van der Waals surface area (Å²) in [5.74, 6) is -0.645. The molecule has 0 aromatic heterocycles. The largest absolute Gasteiger partial charge is 0.444 e. The first kappa shape index (κ1) is 26.2. The summed E-state index contributed by atoms with van der Waals surface area (Å²) in [5.41, 5.74) is 0.199. The molecule has 0 bridgehead atoms. The Bertz CT molecular complexity index is 943. The van der Waals surface area contributed by atoms with Crippen LogP contribution in [0.25, 0.3) is 0 Å². The second-order valence-corrected chi connectivity index (χ2v) is 9.89. The number of nitrogens with zero attached hydrogens (tertiary/aromatic N) is 2. The van der Waals surface area contributed by atoms with Crippen molar-refractivity contribution in [2.24, 2.45) is 5.92 Å². The normalized spacial score (nSPS) is 16.2. The summed E-state index contributed by atoms with van der Waals surface area (Å²) in [6.45, 7) is 7.01. The van der Waals surface area contributed by atoms with Gasteiger partial charge in [-0.1, -0.05) is 12.1 Å². The third-order valence-electron chi connectivity index (χ3n) is 6.00. The van der Waals surface area contributed by atoms with Crippen LogP contribution in [0.15, 0.2) is 24.3 Å². The number of benzene rings is 1. The van der Waals surface area contributed by atoms with Crippen molar-refractivity contribution in [2.45, 2.75) is 52.1 Å². The molecule has 10 heteroatoms. The summed E-state index contributed by atoms with van der Waals surface area (Å²) in [7, 11) is 0. The summed E-state index contributed by atoms with van der Waals surface area (Å²) in [6, 6.07) is 6.72. The van der Waals surface area contributed by atoms with Crippen molar-refractivity contribution < 1.29 is 28.7 Å². The van der Waals surface area contributed by atoms with Crippen LogP contribution in [0.1, 0.15) is 67.2 Å². The van der Waals surface area contributed by atoms with Gasteiger partial charge in [-0.05, 0) is 58.1 Å². The van der Waals surface area contributed by atoms with Gasteiger partial charge in [-0.2, -0.15) is 0 Å². The number of ether oxygens (including phenoxy) is 1. The van der Waals surface area contributed by atoms with Gasteiger partial charge in [0.2, 0.25) is 11.8 Å². The van der Waals surface area contributed by atoms with Crippen LogP contribution in [-0.2, 0) is 14.3 Å². The molecule has 10 nitrogen and oxygen atoms in total. The van der Waals surface area contributed by atoms with Crippen LogP contribution in [0.5, 0.6) is 0 Å². The molecule has 0 spiro atoms. The Morgan fingerprint density at radius 3 is 2.17 bits per heavy atom. The molecule has 0 saturated carbocycles. The Kier molecular flexibility index (Phi) is 8.48. The number of carbonyl (C=O) groups excluding carboxylic acids is 5. The maximum atomic E-state index is 12.4. The molecule has 0 aliphatic carbocycles. The molecule has 0 unspecified atom stereocenters. The highest BCUT2D eigenvalue weighted by Crippen LogP contribution is 2.22. The van der Waals surface area contributed by atoms with Gasteiger partial charge < -0.3 is 20.3 Å². The van der Waals surface area contributed by atoms with Crippen LogP contribution in [0.2, 0.25) is 0 Å².